The minimum absolute atomic E-state index is 0.416. The molecule has 1 aromatic heterocycles. The lowest BCUT2D eigenvalue weighted by atomic mass is 10.3. The summed E-state index contributed by atoms with van der Waals surface area (Å²) < 4.78 is 6.12. The van der Waals surface area contributed by atoms with Crippen molar-refractivity contribution in [2.75, 3.05) is 17.7 Å². The third kappa shape index (κ3) is 2.55. The molecule has 1 aromatic carbocycles. The van der Waals surface area contributed by atoms with Crippen LogP contribution in [0.2, 0.25) is 0 Å². The maximum Gasteiger partial charge on any atom is 0.167 e. The molecule has 2 N–H and O–H groups in total. The summed E-state index contributed by atoms with van der Waals surface area (Å²) in [4.78, 5) is 2.06. The molecule has 0 unspecified atom stereocenters. The second kappa shape index (κ2) is 4.57. The summed E-state index contributed by atoms with van der Waals surface area (Å²) in [6.45, 7) is 0.645. The largest absolute Gasteiger partial charge is 0.381 e. The Bertz CT molecular complexity index is 466. The Hall–Kier alpha value is -1.49. The van der Waals surface area contributed by atoms with Crippen molar-refractivity contribution in [3.05, 3.63) is 40.6 Å². The maximum absolute atomic E-state index is 5.48. The van der Waals surface area contributed by atoms with Crippen molar-refractivity contribution in [2.24, 2.45) is 0 Å². The third-order valence-corrected chi connectivity index (χ3v) is 2.77. The number of benzene rings is 1. The Balaban J connectivity index is 2.08. The summed E-state index contributed by atoms with van der Waals surface area (Å²) >= 11 is 3.40. The van der Waals surface area contributed by atoms with Gasteiger partial charge in [0.1, 0.15) is 0 Å². The number of hydrogen-bond donors (Lipinski definition) is 1. The van der Waals surface area contributed by atoms with E-state index < -0.39 is 0 Å². The highest BCUT2D eigenvalue weighted by molar-refractivity contribution is 9.10. The van der Waals surface area contributed by atoms with Crippen LogP contribution >= 0.6 is 15.9 Å². The molecule has 2 aromatic rings. The molecule has 0 saturated carbocycles. The maximum atomic E-state index is 5.48. The highest BCUT2D eigenvalue weighted by Crippen LogP contribution is 2.19. The van der Waals surface area contributed by atoms with Crippen molar-refractivity contribution in [2.45, 2.75) is 6.54 Å². The normalized spacial score (nSPS) is 10.4. The number of halogens is 1. The molecule has 0 aliphatic heterocycles. The van der Waals surface area contributed by atoms with Crippen LogP contribution in [0.4, 0.5) is 11.5 Å². The van der Waals surface area contributed by atoms with Crippen LogP contribution < -0.4 is 10.6 Å². The standard InChI is InChI=1S/C11H12BrN3O/c1-15(7-10-6-11(13)14-16-10)9-4-2-8(12)3-5-9/h2-6H,7H2,1H3,(H2,13,14). The average Bonchev–Trinajstić information content (AvgIpc) is 2.65. The van der Waals surface area contributed by atoms with Crippen molar-refractivity contribution in [3.63, 3.8) is 0 Å². The molecule has 4 nitrogen and oxygen atoms in total. The van der Waals surface area contributed by atoms with E-state index in [-0.39, 0.29) is 0 Å². The van der Waals surface area contributed by atoms with E-state index in [2.05, 4.69) is 26.0 Å². The van der Waals surface area contributed by atoms with Crippen LogP contribution in [0.1, 0.15) is 5.76 Å². The van der Waals surface area contributed by atoms with Gasteiger partial charge in [-0.3, -0.25) is 0 Å². The van der Waals surface area contributed by atoms with Crippen LogP contribution in [-0.4, -0.2) is 12.2 Å². The van der Waals surface area contributed by atoms with E-state index in [4.69, 9.17) is 10.3 Å². The molecule has 0 aliphatic rings. The van der Waals surface area contributed by atoms with Crippen LogP contribution in [0.25, 0.3) is 0 Å². The van der Waals surface area contributed by atoms with Crippen LogP contribution in [0.3, 0.4) is 0 Å². The third-order valence-electron chi connectivity index (χ3n) is 2.24. The predicted molar refractivity (Wildman–Crippen MR) is 67.2 cm³/mol. The van der Waals surface area contributed by atoms with E-state index in [1.807, 2.05) is 31.3 Å². The van der Waals surface area contributed by atoms with Gasteiger partial charge >= 0.3 is 0 Å². The fourth-order valence-electron chi connectivity index (χ4n) is 1.42. The average molecular weight is 282 g/mol. The molecule has 16 heavy (non-hydrogen) atoms. The smallest absolute Gasteiger partial charge is 0.167 e. The zero-order valence-electron chi connectivity index (χ0n) is 8.85. The monoisotopic (exact) mass is 281 g/mol. The van der Waals surface area contributed by atoms with Crippen molar-refractivity contribution in [1.82, 2.24) is 5.16 Å². The summed E-state index contributed by atoms with van der Waals surface area (Å²) in [5.41, 5.74) is 6.59. The minimum Gasteiger partial charge on any atom is -0.381 e. The summed E-state index contributed by atoms with van der Waals surface area (Å²) in [7, 11) is 1.99. The molecule has 0 spiro atoms. The van der Waals surface area contributed by atoms with E-state index in [1.165, 1.54) is 0 Å². The molecule has 0 saturated heterocycles. The molecule has 84 valence electrons. The summed E-state index contributed by atoms with van der Waals surface area (Å²) in [5, 5.41) is 3.65. The Morgan fingerprint density at radius 2 is 2.06 bits per heavy atom. The molecular weight excluding hydrogens is 270 g/mol. The Morgan fingerprint density at radius 3 is 2.62 bits per heavy atom. The number of aromatic nitrogens is 1. The Kier molecular flexibility index (Phi) is 3.14. The van der Waals surface area contributed by atoms with Gasteiger partial charge in [0.2, 0.25) is 0 Å². The molecule has 0 aliphatic carbocycles. The van der Waals surface area contributed by atoms with Gasteiger partial charge in [-0.25, -0.2) is 0 Å². The predicted octanol–water partition coefficient (Wildman–Crippen LogP) is 2.66. The zero-order chi connectivity index (χ0) is 11.5. The highest BCUT2D eigenvalue weighted by atomic mass is 79.9. The summed E-state index contributed by atoms with van der Waals surface area (Å²) in [5.74, 6) is 1.17. The van der Waals surface area contributed by atoms with Crippen LogP contribution in [-0.2, 0) is 6.54 Å². The Labute approximate surface area is 102 Å². The lowest BCUT2D eigenvalue weighted by Crippen LogP contribution is -2.15. The van der Waals surface area contributed by atoms with Crippen molar-refractivity contribution >= 4 is 27.4 Å². The van der Waals surface area contributed by atoms with Gasteiger partial charge in [-0.1, -0.05) is 21.1 Å². The number of nitrogens with two attached hydrogens (primary N) is 1. The quantitative estimate of drug-likeness (QED) is 0.940. The van der Waals surface area contributed by atoms with E-state index in [0.29, 0.717) is 12.4 Å². The lowest BCUT2D eigenvalue weighted by molar-refractivity contribution is 0.385. The van der Waals surface area contributed by atoms with Crippen LogP contribution in [0.5, 0.6) is 0 Å². The molecule has 1 heterocycles. The number of anilines is 2. The van der Waals surface area contributed by atoms with Gasteiger partial charge in [-0.05, 0) is 24.3 Å². The minimum atomic E-state index is 0.416. The van der Waals surface area contributed by atoms with Crippen molar-refractivity contribution < 1.29 is 4.52 Å². The summed E-state index contributed by atoms with van der Waals surface area (Å²) in [6, 6.07) is 9.80. The topological polar surface area (TPSA) is 55.3 Å². The fourth-order valence-corrected chi connectivity index (χ4v) is 1.69. The van der Waals surface area contributed by atoms with Gasteiger partial charge in [-0.2, -0.15) is 0 Å². The molecule has 0 fully saturated rings. The van der Waals surface area contributed by atoms with Gasteiger partial charge in [0.25, 0.3) is 0 Å². The van der Waals surface area contributed by atoms with Gasteiger partial charge in [-0.15, -0.1) is 0 Å². The fraction of sp³-hybridized carbons (Fsp3) is 0.182. The molecular formula is C11H12BrN3O. The van der Waals surface area contributed by atoms with Crippen molar-refractivity contribution in [3.8, 4) is 0 Å². The van der Waals surface area contributed by atoms with Gasteiger partial charge in [0.05, 0.1) is 6.54 Å². The SMILES string of the molecule is CN(Cc1cc(N)no1)c1ccc(Br)cc1. The van der Waals surface area contributed by atoms with Gasteiger partial charge < -0.3 is 15.2 Å². The highest BCUT2D eigenvalue weighted by Gasteiger charge is 2.06. The first kappa shape index (κ1) is 11.0. The molecule has 5 heteroatoms. The van der Waals surface area contributed by atoms with Gasteiger partial charge in [0, 0.05) is 23.3 Å². The molecule has 0 amide bonds. The first-order valence-electron chi connectivity index (χ1n) is 4.83. The van der Waals surface area contributed by atoms with E-state index in [1.54, 1.807) is 6.07 Å². The van der Waals surface area contributed by atoms with Crippen LogP contribution in [0.15, 0.2) is 39.3 Å². The Morgan fingerprint density at radius 1 is 1.38 bits per heavy atom. The van der Waals surface area contributed by atoms with E-state index in [9.17, 15) is 0 Å². The number of nitrogen functional groups attached to an aromatic ring is 1. The first-order chi connectivity index (χ1) is 7.65. The molecule has 0 radical (unpaired) electrons. The zero-order valence-corrected chi connectivity index (χ0v) is 10.4. The molecule has 2 rings (SSSR count). The first-order valence-corrected chi connectivity index (χ1v) is 5.62. The molecule has 0 bridgehead atoms. The second-order valence-electron chi connectivity index (χ2n) is 3.55. The molecule has 0 atom stereocenters. The summed E-state index contributed by atoms with van der Waals surface area (Å²) in [6.07, 6.45) is 0. The number of nitrogens with zero attached hydrogens (tertiary/aromatic N) is 2. The van der Waals surface area contributed by atoms with Crippen LogP contribution in [0, 0.1) is 0 Å². The van der Waals surface area contributed by atoms with Gasteiger partial charge in [0.15, 0.2) is 11.6 Å². The van der Waals surface area contributed by atoms with E-state index >= 15 is 0 Å². The number of hydrogen-bond acceptors (Lipinski definition) is 4. The number of rotatable bonds is 3. The van der Waals surface area contributed by atoms with E-state index in [0.717, 1.165) is 15.9 Å². The lowest BCUT2D eigenvalue weighted by Gasteiger charge is -2.17. The second-order valence-corrected chi connectivity index (χ2v) is 4.47. The van der Waals surface area contributed by atoms with Crippen molar-refractivity contribution in [1.29, 1.82) is 0 Å².